The summed E-state index contributed by atoms with van der Waals surface area (Å²) in [5, 5.41) is 6.85. The van der Waals surface area contributed by atoms with Crippen LogP contribution in [0.25, 0.3) is 0 Å². The van der Waals surface area contributed by atoms with Crippen LogP contribution >= 0.6 is 0 Å². The Bertz CT molecular complexity index is 912. The Morgan fingerprint density at radius 3 is 2.50 bits per heavy atom. The minimum absolute atomic E-state index is 0.176. The van der Waals surface area contributed by atoms with E-state index < -0.39 is 0 Å². The number of anilines is 1. The van der Waals surface area contributed by atoms with Gasteiger partial charge in [0.25, 0.3) is 0 Å². The Morgan fingerprint density at radius 2 is 1.88 bits per heavy atom. The first-order valence-corrected chi connectivity index (χ1v) is 10.8. The van der Waals surface area contributed by atoms with Crippen molar-refractivity contribution in [3.63, 3.8) is 0 Å². The maximum absolute atomic E-state index is 14.0. The van der Waals surface area contributed by atoms with Crippen LogP contribution in [-0.4, -0.2) is 65.4 Å². The van der Waals surface area contributed by atoms with Crippen LogP contribution in [0.15, 0.2) is 41.4 Å². The van der Waals surface area contributed by atoms with Gasteiger partial charge in [-0.2, -0.15) is 0 Å². The number of benzene rings is 2. The van der Waals surface area contributed by atoms with E-state index in [9.17, 15) is 4.39 Å². The summed E-state index contributed by atoms with van der Waals surface area (Å²) in [6.45, 7) is 2.92. The molecule has 2 aromatic carbocycles. The standard InChI is InChI=1S/C24H34FN5O2/c1-26-24(27-14-17-6-7-23(25)18(10-17)15-29(2)3)28-19-8-9-30(16-19)20-11-21(31-4)13-22(12-20)32-5/h6-7,10-13,19H,8-9,14-16H2,1-5H3,(H2,26,27,28). The zero-order chi connectivity index (χ0) is 23.1. The Balaban J connectivity index is 1.57. The molecule has 2 aromatic rings. The van der Waals surface area contributed by atoms with Gasteiger partial charge in [0, 0.05) is 68.7 Å². The van der Waals surface area contributed by atoms with E-state index >= 15 is 0 Å². The summed E-state index contributed by atoms with van der Waals surface area (Å²) in [4.78, 5) is 8.63. The van der Waals surface area contributed by atoms with E-state index in [0.29, 0.717) is 18.7 Å². The van der Waals surface area contributed by atoms with E-state index in [-0.39, 0.29) is 11.9 Å². The summed E-state index contributed by atoms with van der Waals surface area (Å²) >= 11 is 0. The van der Waals surface area contributed by atoms with Crippen molar-refractivity contribution in [1.29, 1.82) is 0 Å². The molecule has 32 heavy (non-hydrogen) atoms. The molecule has 0 radical (unpaired) electrons. The second-order valence-corrected chi connectivity index (χ2v) is 8.24. The van der Waals surface area contributed by atoms with E-state index in [1.165, 1.54) is 6.07 Å². The topological polar surface area (TPSA) is 61.4 Å². The smallest absolute Gasteiger partial charge is 0.191 e. The average molecular weight is 444 g/mol. The lowest BCUT2D eigenvalue weighted by molar-refractivity contribution is 0.392. The first-order chi connectivity index (χ1) is 15.4. The highest BCUT2D eigenvalue weighted by Crippen LogP contribution is 2.30. The fourth-order valence-corrected chi connectivity index (χ4v) is 3.86. The van der Waals surface area contributed by atoms with Crippen LogP contribution in [0.3, 0.4) is 0 Å². The maximum Gasteiger partial charge on any atom is 0.191 e. The van der Waals surface area contributed by atoms with Crippen molar-refractivity contribution in [2.24, 2.45) is 4.99 Å². The molecular formula is C24H34FN5O2. The van der Waals surface area contributed by atoms with Crippen molar-refractivity contribution in [2.45, 2.75) is 25.6 Å². The van der Waals surface area contributed by atoms with Gasteiger partial charge in [-0.3, -0.25) is 4.99 Å². The lowest BCUT2D eigenvalue weighted by atomic mass is 10.1. The predicted molar refractivity (Wildman–Crippen MR) is 127 cm³/mol. The number of rotatable bonds is 8. The highest BCUT2D eigenvalue weighted by atomic mass is 19.1. The first kappa shape index (κ1) is 23.7. The van der Waals surface area contributed by atoms with Crippen LogP contribution in [0.1, 0.15) is 17.5 Å². The molecule has 3 rings (SSSR count). The van der Waals surface area contributed by atoms with Crippen molar-refractivity contribution < 1.29 is 13.9 Å². The van der Waals surface area contributed by atoms with Crippen LogP contribution in [-0.2, 0) is 13.1 Å². The van der Waals surface area contributed by atoms with Crippen LogP contribution in [0, 0.1) is 5.82 Å². The van der Waals surface area contributed by atoms with Gasteiger partial charge in [0.1, 0.15) is 17.3 Å². The molecule has 7 nitrogen and oxygen atoms in total. The van der Waals surface area contributed by atoms with E-state index in [0.717, 1.165) is 48.2 Å². The third-order valence-electron chi connectivity index (χ3n) is 5.51. The van der Waals surface area contributed by atoms with E-state index in [1.807, 2.05) is 49.3 Å². The van der Waals surface area contributed by atoms with Crippen molar-refractivity contribution in [3.8, 4) is 11.5 Å². The summed E-state index contributed by atoms with van der Waals surface area (Å²) < 4.78 is 24.8. The number of nitrogens with one attached hydrogen (secondary N) is 2. The van der Waals surface area contributed by atoms with Crippen molar-refractivity contribution >= 4 is 11.6 Å². The van der Waals surface area contributed by atoms with Gasteiger partial charge in [0.05, 0.1) is 14.2 Å². The normalized spacial score (nSPS) is 16.4. The number of aliphatic imine (C=N–C) groups is 1. The summed E-state index contributed by atoms with van der Waals surface area (Å²) in [5.41, 5.74) is 2.79. The van der Waals surface area contributed by atoms with E-state index in [2.05, 4.69) is 20.5 Å². The number of hydrogen-bond acceptors (Lipinski definition) is 5. The monoisotopic (exact) mass is 443 g/mol. The molecule has 0 aromatic heterocycles. The molecule has 1 heterocycles. The van der Waals surface area contributed by atoms with Crippen LogP contribution < -0.4 is 25.0 Å². The molecule has 1 unspecified atom stereocenters. The highest BCUT2D eigenvalue weighted by Gasteiger charge is 2.24. The minimum atomic E-state index is -0.176. The molecule has 0 aliphatic carbocycles. The quantitative estimate of drug-likeness (QED) is 0.483. The number of guanidine groups is 1. The van der Waals surface area contributed by atoms with Gasteiger partial charge < -0.3 is 29.9 Å². The van der Waals surface area contributed by atoms with Crippen LogP contribution in [0.2, 0.25) is 0 Å². The predicted octanol–water partition coefficient (Wildman–Crippen LogP) is 2.85. The summed E-state index contributed by atoms with van der Waals surface area (Å²) in [6.07, 6.45) is 0.990. The molecule has 1 saturated heterocycles. The summed E-state index contributed by atoms with van der Waals surface area (Å²) in [6, 6.07) is 11.4. The fraction of sp³-hybridized carbons (Fsp3) is 0.458. The maximum atomic E-state index is 14.0. The Labute approximate surface area is 190 Å². The third kappa shape index (κ3) is 6.26. The molecule has 8 heteroatoms. The number of nitrogens with zero attached hydrogens (tertiary/aromatic N) is 3. The SMILES string of the molecule is CN=C(NCc1ccc(F)c(CN(C)C)c1)NC1CCN(c2cc(OC)cc(OC)c2)C1. The van der Waals surface area contributed by atoms with Gasteiger partial charge in [-0.25, -0.2) is 4.39 Å². The molecule has 0 saturated carbocycles. The summed E-state index contributed by atoms with van der Waals surface area (Å²) in [7, 11) is 8.95. The number of methoxy groups -OCH3 is 2. The van der Waals surface area contributed by atoms with Gasteiger partial charge in [-0.15, -0.1) is 0 Å². The zero-order valence-electron chi connectivity index (χ0n) is 19.6. The van der Waals surface area contributed by atoms with Crippen molar-refractivity contribution in [1.82, 2.24) is 15.5 Å². The van der Waals surface area contributed by atoms with Crippen molar-refractivity contribution in [3.05, 3.63) is 53.3 Å². The van der Waals surface area contributed by atoms with Gasteiger partial charge in [-0.05, 0) is 38.2 Å². The number of hydrogen-bond donors (Lipinski definition) is 2. The molecule has 174 valence electrons. The fourth-order valence-electron chi connectivity index (χ4n) is 3.86. The van der Waals surface area contributed by atoms with Gasteiger partial charge in [-0.1, -0.05) is 6.07 Å². The number of halogens is 1. The van der Waals surface area contributed by atoms with E-state index in [4.69, 9.17) is 9.47 Å². The molecule has 0 amide bonds. The van der Waals surface area contributed by atoms with Crippen LogP contribution in [0.5, 0.6) is 11.5 Å². The van der Waals surface area contributed by atoms with Gasteiger partial charge in [0.15, 0.2) is 5.96 Å². The first-order valence-electron chi connectivity index (χ1n) is 10.8. The lowest BCUT2D eigenvalue weighted by Crippen LogP contribution is -2.44. The zero-order valence-corrected chi connectivity index (χ0v) is 19.6. The molecule has 1 aliphatic heterocycles. The van der Waals surface area contributed by atoms with Gasteiger partial charge >= 0.3 is 0 Å². The minimum Gasteiger partial charge on any atom is -0.497 e. The molecule has 2 N–H and O–H groups in total. The lowest BCUT2D eigenvalue weighted by Gasteiger charge is -2.21. The second-order valence-electron chi connectivity index (χ2n) is 8.24. The second kappa shape index (κ2) is 11.0. The molecule has 1 atom stereocenters. The average Bonchev–Trinajstić information content (AvgIpc) is 3.26. The van der Waals surface area contributed by atoms with Crippen molar-refractivity contribution in [2.75, 3.05) is 53.4 Å². The number of ether oxygens (including phenoxy) is 2. The Hall–Kier alpha value is -3.00. The van der Waals surface area contributed by atoms with E-state index in [1.54, 1.807) is 21.3 Å². The summed E-state index contributed by atoms with van der Waals surface area (Å²) in [5.74, 6) is 2.12. The molecule has 0 spiro atoms. The molecule has 1 fully saturated rings. The Kier molecular flexibility index (Phi) is 8.16. The van der Waals surface area contributed by atoms with Gasteiger partial charge in [0.2, 0.25) is 0 Å². The Morgan fingerprint density at radius 1 is 1.16 bits per heavy atom. The third-order valence-corrected chi connectivity index (χ3v) is 5.51. The molecular weight excluding hydrogens is 409 g/mol. The largest absolute Gasteiger partial charge is 0.497 e. The van der Waals surface area contributed by atoms with Crippen LogP contribution in [0.4, 0.5) is 10.1 Å². The highest BCUT2D eigenvalue weighted by molar-refractivity contribution is 5.80. The molecule has 1 aliphatic rings. The molecule has 0 bridgehead atoms.